The molecule has 0 bridgehead atoms. The highest BCUT2D eigenvalue weighted by Crippen LogP contribution is 2.32. The van der Waals surface area contributed by atoms with E-state index in [1.165, 1.54) is 29.6 Å². The average molecular weight is 433 g/mol. The molecule has 5 nitrogen and oxygen atoms in total. The van der Waals surface area contributed by atoms with E-state index >= 15 is 0 Å². The normalized spacial score (nSPS) is 20.5. The molecule has 1 saturated carbocycles. The molecule has 162 valence electrons. The third-order valence-electron chi connectivity index (χ3n) is 5.91. The van der Waals surface area contributed by atoms with E-state index in [4.69, 9.17) is 0 Å². The average Bonchev–Trinajstić information content (AvgIpc) is 2.72. The van der Waals surface area contributed by atoms with Crippen molar-refractivity contribution in [3.05, 3.63) is 29.8 Å². The number of piperidine rings is 1. The van der Waals surface area contributed by atoms with Gasteiger partial charge in [-0.1, -0.05) is 25.3 Å². The first-order valence-corrected chi connectivity index (χ1v) is 11.6. The molecule has 0 radical (unpaired) electrons. The molecule has 1 aliphatic carbocycles. The van der Waals surface area contributed by atoms with Gasteiger partial charge in [0.2, 0.25) is 15.9 Å². The number of hydrogen-bond donors (Lipinski definition) is 1. The standard InChI is InChI=1S/C20H27F3N2O3S/c21-20(22,23)17-7-4-8-18(13-17)29(27,28)25-11-9-16(10-12-25)19(26)24-14-15-5-2-1-3-6-15/h4,7-8,13,15-16H,1-3,5-6,9-12,14H2,(H,24,26). The van der Waals surface area contributed by atoms with E-state index in [9.17, 15) is 26.4 Å². The number of alkyl halides is 3. The Bertz CT molecular complexity index is 813. The molecule has 1 N–H and O–H groups in total. The first-order chi connectivity index (χ1) is 13.7. The molecule has 29 heavy (non-hydrogen) atoms. The SMILES string of the molecule is O=C(NCC1CCCCC1)C1CCN(S(=O)(=O)c2cccc(C(F)(F)F)c2)CC1. The Morgan fingerprint density at radius 3 is 2.34 bits per heavy atom. The van der Waals surface area contributed by atoms with Gasteiger partial charge in [0.15, 0.2) is 0 Å². The van der Waals surface area contributed by atoms with E-state index < -0.39 is 21.8 Å². The van der Waals surface area contributed by atoms with Crippen molar-refractivity contribution in [2.24, 2.45) is 11.8 Å². The fraction of sp³-hybridized carbons (Fsp3) is 0.650. The summed E-state index contributed by atoms with van der Waals surface area (Å²) in [5, 5.41) is 3.00. The van der Waals surface area contributed by atoms with Gasteiger partial charge in [-0.05, 0) is 49.8 Å². The van der Waals surface area contributed by atoms with E-state index in [0.717, 1.165) is 25.0 Å². The van der Waals surface area contributed by atoms with Crippen LogP contribution < -0.4 is 5.32 Å². The van der Waals surface area contributed by atoms with Gasteiger partial charge in [0.05, 0.1) is 10.5 Å². The summed E-state index contributed by atoms with van der Waals surface area (Å²) >= 11 is 0. The summed E-state index contributed by atoms with van der Waals surface area (Å²) in [6.45, 7) is 0.918. The molecule has 1 aliphatic heterocycles. The molecule has 2 aliphatic rings. The van der Waals surface area contributed by atoms with Crippen LogP contribution in [0.3, 0.4) is 0 Å². The zero-order valence-corrected chi connectivity index (χ0v) is 17.1. The molecule has 1 heterocycles. The zero-order chi connectivity index (χ0) is 21.1. The summed E-state index contributed by atoms with van der Waals surface area (Å²) in [5.41, 5.74) is -0.990. The second kappa shape index (κ2) is 9.04. The summed E-state index contributed by atoms with van der Waals surface area (Å²) in [7, 11) is -4.02. The highest BCUT2D eigenvalue weighted by molar-refractivity contribution is 7.89. The van der Waals surface area contributed by atoms with Crippen LogP contribution in [0.15, 0.2) is 29.2 Å². The van der Waals surface area contributed by atoms with Crippen LogP contribution in [-0.4, -0.2) is 38.3 Å². The Morgan fingerprint density at radius 1 is 1.07 bits per heavy atom. The minimum atomic E-state index is -4.60. The molecule has 1 aromatic carbocycles. The maximum Gasteiger partial charge on any atom is 0.416 e. The maximum atomic E-state index is 12.9. The van der Waals surface area contributed by atoms with Gasteiger partial charge in [0, 0.05) is 25.6 Å². The van der Waals surface area contributed by atoms with Crippen LogP contribution in [0, 0.1) is 11.8 Å². The molecule has 1 aromatic rings. The van der Waals surface area contributed by atoms with Crippen molar-refractivity contribution < 1.29 is 26.4 Å². The van der Waals surface area contributed by atoms with Crippen molar-refractivity contribution in [2.45, 2.75) is 56.0 Å². The maximum absolute atomic E-state index is 12.9. The fourth-order valence-corrected chi connectivity index (χ4v) is 5.64. The Kier molecular flexibility index (Phi) is 6.88. The summed E-state index contributed by atoms with van der Waals surface area (Å²) in [4.78, 5) is 12.1. The predicted octanol–water partition coefficient (Wildman–Crippen LogP) is 3.80. The summed E-state index contributed by atoms with van der Waals surface area (Å²) in [5.74, 6) is 0.215. The lowest BCUT2D eigenvalue weighted by Gasteiger charge is -2.31. The van der Waals surface area contributed by atoms with Crippen molar-refractivity contribution in [1.82, 2.24) is 9.62 Å². The van der Waals surface area contributed by atoms with Crippen LogP contribution in [0.1, 0.15) is 50.5 Å². The van der Waals surface area contributed by atoms with Crippen LogP contribution in [0.2, 0.25) is 0 Å². The molecule has 2 fully saturated rings. The van der Waals surface area contributed by atoms with Crippen LogP contribution in [-0.2, 0) is 21.0 Å². The molecule has 0 unspecified atom stereocenters. The minimum Gasteiger partial charge on any atom is -0.356 e. The van der Waals surface area contributed by atoms with Gasteiger partial charge >= 0.3 is 6.18 Å². The molecule has 0 aromatic heterocycles. The summed E-state index contributed by atoms with van der Waals surface area (Å²) in [6.07, 6.45) is 2.06. The number of nitrogens with zero attached hydrogens (tertiary/aromatic N) is 1. The van der Waals surface area contributed by atoms with Gasteiger partial charge in [0.1, 0.15) is 0 Å². The van der Waals surface area contributed by atoms with E-state index in [0.29, 0.717) is 31.4 Å². The Labute approximate surface area is 169 Å². The lowest BCUT2D eigenvalue weighted by atomic mass is 9.89. The van der Waals surface area contributed by atoms with Gasteiger partial charge in [-0.3, -0.25) is 4.79 Å². The smallest absolute Gasteiger partial charge is 0.356 e. The van der Waals surface area contributed by atoms with Gasteiger partial charge < -0.3 is 5.32 Å². The zero-order valence-electron chi connectivity index (χ0n) is 16.2. The van der Waals surface area contributed by atoms with Gasteiger partial charge in [0.25, 0.3) is 0 Å². The topological polar surface area (TPSA) is 66.5 Å². The number of halogens is 3. The fourth-order valence-electron chi connectivity index (χ4n) is 4.12. The van der Waals surface area contributed by atoms with E-state index in [-0.39, 0.29) is 29.8 Å². The Morgan fingerprint density at radius 2 is 1.72 bits per heavy atom. The van der Waals surface area contributed by atoms with Crippen LogP contribution >= 0.6 is 0 Å². The largest absolute Gasteiger partial charge is 0.416 e. The number of amides is 1. The van der Waals surface area contributed by atoms with Crippen molar-refractivity contribution in [3.63, 3.8) is 0 Å². The predicted molar refractivity (Wildman–Crippen MR) is 103 cm³/mol. The van der Waals surface area contributed by atoms with Crippen molar-refractivity contribution in [1.29, 1.82) is 0 Å². The summed E-state index contributed by atoms with van der Waals surface area (Å²) < 4.78 is 65.3. The second-order valence-electron chi connectivity index (χ2n) is 7.95. The molecule has 1 amide bonds. The van der Waals surface area contributed by atoms with Gasteiger partial charge in [-0.2, -0.15) is 17.5 Å². The number of rotatable bonds is 5. The van der Waals surface area contributed by atoms with E-state index in [1.54, 1.807) is 0 Å². The van der Waals surface area contributed by atoms with Crippen LogP contribution in [0.4, 0.5) is 13.2 Å². The summed E-state index contributed by atoms with van der Waals surface area (Å²) in [6, 6.07) is 3.79. The van der Waals surface area contributed by atoms with Crippen LogP contribution in [0.25, 0.3) is 0 Å². The number of nitrogens with one attached hydrogen (secondary N) is 1. The quantitative estimate of drug-likeness (QED) is 0.770. The van der Waals surface area contributed by atoms with Crippen LogP contribution in [0.5, 0.6) is 0 Å². The molecule has 0 spiro atoms. The number of carbonyl (C=O) groups excluding carboxylic acids is 1. The number of benzene rings is 1. The third kappa shape index (κ3) is 5.51. The van der Waals surface area contributed by atoms with Crippen molar-refractivity contribution in [3.8, 4) is 0 Å². The lowest BCUT2D eigenvalue weighted by Crippen LogP contribution is -2.43. The number of carbonyl (C=O) groups is 1. The first kappa shape index (κ1) is 22.1. The molecule has 0 atom stereocenters. The molecule has 1 saturated heterocycles. The molecule has 3 rings (SSSR count). The van der Waals surface area contributed by atoms with Gasteiger partial charge in [-0.15, -0.1) is 0 Å². The third-order valence-corrected chi connectivity index (χ3v) is 7.81. The second-order valence-corrected chi connectivity index (χ2v) is 9.89. The van der Waals surface area contributed by atoms with Gasteiger partial charge in [-0.25, -0.2) is 8.42 Å². The monoisotopic (exact) mass is 432 g/mol. The number of sulfonamides is 1. The van der Waals surface area contributed by atoms with E-state index in [2.05, 4.69) is 5.32 Å². The Balaban J connectivity index is 1.56. The van der Waals surface area contributed by atoms with E-state index in [1.807, 2.05) is 0 Å². The molecular weight excluding hydrogens is 405 g/mol. The Hall–Kier alpha value is -1.61. The first-order valence-electron chi connectivity index (χ1n) is 10.1. The minimum absolute atomic E-state index is 0.0494. The highest BCUT2D eigenvalue weighted by Gasteiger charge is 2.35. The van der Waals surface area contributed by atoms with Crippen molar-refractivity contribution in [2.75, 3.05) is 19.6 Å². The molecule has 9 heteroatoms. The number of hydrogen-bond acceptors (Lipinski definition) is 3. The lowest BCUT2D eigenvalue weighted by molar-refractivity contribution is -0.137. The highest BCUT2D eigenvalue weighted by atomic mass is 32.2. The molecular formula is C20H27F3N2O3S. The van der Waals surface area contributed by atoms with Crippen molar-refractivity contribution >= 4 is 15.9 Å².